The third kappa shape index (κ3) is 2.66. The van der Waals surface area contributed by atoms with Gasteiger partial charge in [-0.2, -0.15) is 0 Å². The summed E-state index contributed by atoms with van der Waals surface area (Å²) in [6.07, 6.45) is 1.55. The molecule has 0 spiro atoms. The predicted molar refractivity (Wildman–Crippen MR) is 91.6 cm³/mol. The van der Waals surface area contributed by atoms with Gasteiger partial charge in [0.05, 0.1) is 11.3 Å². The molecule has 0 atom stereocenters. The molecule has 0 unspecified atom stereocenters. The maximum absolute atomic E-state index is 5.94. The van der Waals surface area contributed by atoms with Crippen molar-refractivity contribution in [2.75, 3.05) is 11.2 Å². The number of nitrogens with one attached hydrogen (secondary N) is 1. The van der Waals surface area contributed by atoms with Gasteiger partial charge in [0.1, 0.15) is 5.52 Å². The number of anilines is 1. The molecule has 0 radical (unpaired) electrons. The summed E-state index contributed by atoms with van der Waals surface area (Å²) in [7, 11) is 0. The highest BCUT2D eigenvalue weighted by molar-refractivity contribution is 6.17. The van der Waals surface area contributed by atoms with Crippen LogP contribution in [0.4, 0.5) is 5.69 Å². The second-order valence-corrected chi connectivity index (χ2v) is 5.69. The van der Waals surface area contributed by atoms with Gasteiger partial charge in [0.15, 0.2) is 11.3 Å². The molecule has 0 saturated heterocycles. The van der Waals surface area contributed by atoms with E-state index in [1.165, 1.54) is 0 Å². The number of allylic oxidation sites excluding steroid dienone is 1. The molecule has 4 rings (SSSR count). The standard InChI is InChI=1S/C18H15ClN2O2/c19-11-5-6-12(17-20-13-7-1-3-9-15(13)22-17)18-21-14-8-2-4-10-16(14)23-18/h1-4,7-10,20H,5-6,11H2. The maximum Gasteiger partial charge on any atom is 0.228 e. The number of hydrogen-bond donors (Lipinski definition) is 1. The van der Waals surface area contributed by atoms with Crippen LogP contribution in [0, 0.1) is 0 Å². The summed E-state index contributed by atoms with van der Waals surface area (Å²) >= 11 is 5.87. The lowest BCUT2D eigenvalue weighted by Crippen LogP contribution is -2.03. The number of hydrogen-bond acceptors (Lipinski definition) is 4. The van der Waals surface area contributed by atoms with E-state index in [0.717, 1.165) is 41.0 Å². The predicted octanol–water partition coefficient (Wildman–Crippen LogP) is 5.02. The van der Waals surface area contributed by atoms with Gasteiger partial charge in [0.25, 0.3) is 0 Å². The molecule has 3 aromatic rings. The van der Waals surface area contributed by atoms with E-state index in [9.17, 15) is 0 Å². The number of rotatable bonds is 4. The Morgan fingerprint density at radius 2 is 1.91 bits per heavy atom. The second-order valence-electron chi connectivity index (χ2n) is 5.31. The van der Waals surface area contributed by atoms with E-state index < -0.39 is 0 Å². The van der Waals surface area contributed by atoms with Crippen LogP contribution in [0.25, 0.3) is 16.7 Å². The first-order chi connectivity index (χ1) is 11.3. The fourth-order valence-corrected chi connectivity index (χ4v) is 2.75. The fourth-order valence-electron chi connectivity index (χ4n) is 2.62. The first-order valence-electron chi connectivity index (χ1n) is 7.54. The van der Waals surface area contributed by atoms with E-state index in [1.54, 1.807) is 0 Å². The summed E-state index contributed by atoms with van der Waals surface area (Å²) in [5.41, 5.74) is 3.45. The number of halogens is 1. The molecule has 0 fully saturated rings. The zero-order chi connectivity index (χ0) is 15.6. The topological polar surface area (TPSA) is 47.3 Å². The molecule has 0 saturated carbocycles. The van der Waals surface area contributed by atoms with Crippen LogP contribution in [0.5, 0.6) is 5.75 Å². The van der Waals surface area contributed by atoms with Gasteiger partial charge in [-0.25, -0.2) is 4.98 Å². The molecule has 116 valence electrons. The SMILES string of the molecule is ClCCCC(=C1Nc2ccccc2O1)c1nc2ccccc2o1. The van der Waals surface area contributed by atoms with E-state index in [4.69, 9.17) is 20.8 Å². The van der Waals surface area contributed by atoms with Gasteiger partial charge in [-0.1, -0.05) is 24.3 Å². The summed E-state index contributed by atoms with van der Waals surface area (Å²) in [4.78, 5) is 4.59. The molecule has 5 heteroatoms. The zero-order valence-electron chi connectivity index (χ0n) is 12.4. The highest BCUT2D eigenvalue weighted by atomic mass is 35.5. The zero-order valence-corrected chi connectivity index (χ0v) is 13.1. The molecule has 4 nitrogen and oxygen atoms in total. The van der Waals surface area contributed by atoms with Crippen LogP contribution in [0.3, 0.4) is 0 Å². The average Bonchev–Trinajstić information content (AvgIpc) is 3.19. The van der Waals surface area contributed by atoms with Gasteiger partial charge < -0.3 is 14.5 Å². The monoisotopic (exact) mass is 326 g/mol. The Morgan fingerprint density at radius 1 is 1.09 bits per heavy atom. The molecule has 0 amide bonds. The minimum atomic E-state index is 0.573. The van der Waals surface area contributed by atoms with Crippen molar-refractivity contribution in [3.05, 3.63) is 60.3 Å². The van der Waals surface area contributed by atoms with Gasteiger partial charge in [-0.15, -0.1) is 11.6 Å². The number of para-hydroxylation sites is 4. The number of alkyl halides is 1. The minimum Gasteiger partial charge on any atom is -0.438 e. The van der Waals surface area contributed by atoms with E-state index in [-0.39, 0.29) is 0 Å². The molecular formula is C18H15ClN2O2. The van der Waals surface area contributed by atoms with Gasteiger partial charge >= 0.3 is 0 Å². The molecule has 1 aromatic heterocycles. The van der Waals surface area contributed by atoms with Crippen LogP contribution in [-0.2, 0) is 0 Å². The summed E-state index contributed by atoms with van der Waals surface area (Å²) in [5, 5.41) is 3.30. The summed E-state index contributed by atoms with van der Waals surface area (Å²) in [5.74, 6) is 2.63. The summed E-state index contributed by atoms with van der Waals surface area (Å²) < 4.78 is 11.8. The molecule has 0 bridgehead atoms. The van der Waals surface area contributed by atoms with Crippen LogP contribution >= 0.6 is 11.6 Å². The van der Waals surface area contributed by atoms with E-state index in [0.29, 0.717) is 17.7 Å². The number of benzene rings is 2. The van der Waals surface area contributed by atoms with Crippen LogP contribution in [-0.4, -0.2) is 10.9 Å². The summed E-state index contributed by atoms with van der Waals surface area (Å²) in [6, 6.07) is 15.5. The van der Waals surface area contributed by atoms with Gasteiger partial charge in [0.2, 0.25) is 11.8 Å². The van der Waals surface area contributed by atoms with Gasteiger partial charge in [-0.05, 0) is 37.1 Å². The van der Waals surface area contributed by atoms with Crippen molar-refractivity contribution in [2.45, 2.75) is 12.8 Å². The van der Waals surface area contributed by atoms with Gasteiger partial charge in [-0.3, -0.25) is 0 Å². The smallest absolute Gasteiger partial charge is 0.228 e. The van der Waals surface area contributed by atoms with Crippen LogP contribution in [0.1, 0.15) is 18.7 Å². The minimum absolute atomic E-state index is 0.573. The highest BCUT2D eigenvalue weighted by Gasteiger charge is 2.23. The fraction of sp³-hybridized carbons (Fsp3) is 0.167. The quantitative estimate of drug-likeness (QED) is 0.684. The molecular weight excluding hydrogens is 312 g/mol. The third-order valence-electron chi connectivity index (χ3n) is 3.73. The first-order valence-corrected chi connectivity index (χ1v) is 8.07. The van der Waals surface area contributed by atoms with Crippen molar-refractivity contribution < 1.29 is 9.15 Å². The molecule has 2 heterocycles. The Hall–Kier alpha value is -2.46. The van der Waals surface area contributed by atoms with Crippen molar-refractivity contribution in [1.82, 2.24) is 4.98 Å². The van der Waals surface area contributed by atoms with E-state index in [1.807, 2.05) is 48.5 Å². The van der Waals surface area contributed by atoms with E-state index >= 15 is 0 Å². The molecule has 23 heavy (non-hydrogen) atoms. The summed E-state index contributed by atoms with van der Waals surface area (Å²) in [6.45, 7) is 0. The van der Waals surface area contributed by atoms with Crippen LogP contribution in [0.2, 0.25) is 0 Å². The number of nitrogens with zero attached hydrogens (tertiary/aromatic N) is 1. The van der Waals surface area contributed by atoms with E-state index in [2.05, 4.69) is 10.3 Å². The van der Waals surface area contributed by atoms with Gasteiger partial charge in [0, 0.05) is 5.88 Å². The Kier molecular flexibility index (Phi) is 3.67. The Bertz CT molecular complexity index is 825. The van der Waals surface area contributed by atoms with Crippen molar-refractivity contribution in [2.24, 2.45) is 0 Å². The number of oxazole rings is 1. The lowest BCUT2D eigenvalue weighted by atomic mass is 10.1. The third-order valence-corrected chi connectivity index (χ3v) is 4.00. The number of ether oxygens (including phenoxy) is 1. The van der Waals surface area contributed by atoms with Crippen molar-refractivity contribution in [3.8, 4) is 5.75 Å². The normalized spacial score (nSPS) is 15.2. The molecule has 2 aromatic carbocycles. The van der Waals surface area contributed by atoms with Crippen LogP contribution < -0.4 is 10.1 Å². The lowest BCUT2D eigenvalue weighted by molar-refractivity contribution is 0.453. The lowest BCUT2D eigenvalue weighted by Gasteiger charge is -2.07. The van der Waals surface area contributed by atoms with Crippen LogP contribution in [0.15, 0.2) is 58.8 Å². The second kappa shape index (κ2) is 5.97. The van der Waals surface area contributed by atoms with Crippen molar-refractivity contribution in [1.29, 1.82) is 0 Å². The Labute approximate surface area is 138 Å². The number of aromatic nitrogens is 1. The maximum atomic E-state index is 5.94. The molecule has 1 aliphatic heterocycles. The van der Waals surface area contributed by atoms with Crippen molar-refractivity contribution >= 4 is 34.0 Å². The molecule has 1 N–H and O–H groups in total. The van der Waals surface area contributed by atoms with Crippen molar-refractivity contribution in [3.63, 3.8) is 0 Å². The highest BCUT2D eigenvalue weighted by Crippen LogP contribution is 2.37. The molecule has 1 aliphatic rings. The largest absolute Gasteiger partial charge is 0.438 e. The number of fused-ring (bicyclic) bond motifs is 2. The first kappa shape index (κ1) is 14.2. The molecule has 0 aliphatic carbocycles. The Balaban J connectivity index is 1.77. The Morgan fingerprint density at radius 3 is 2.74 bits per heavy atom. The average molecular weight is 327 g/mol.